The van der Waals surface area contributed by atoms with Crippen LogP contribution in [0.5, 0.6) is 0 Å². The molecule has 0 atom stereocenters. The summed E-state index contributed by atoms with van der Waals surface area (Å²) in [5.74, 6) is -0.485. The number of hydrogen-bond acceptors (Lipinski definition) is 7. The third-order valence-corrected chi connectivity index (χ3v) is 5.25. The van der Waals surface area contributed by atoms with Crippen molar-refractivity contribution in [2.24, 2.45) is 10.7 Å². The molecule has 2 amide bonds. The standard InChI is InChI=1S/C21H33ClN10O2/c22-16-18(24)31-17(23)15(30-16)19(34)32-20(25)26-11-9-7-5-3-1-2-4-6-8-10-14(33)29-21-27-12-13-28-21/h12-13H,1-11H2,(H4,23,24,31)(H3,25,26,32,34)(H2,27,28,29,33). The SMILES string of the molecule is NC(=NC(=O)c1nc(Cl)c(N)nc1N)NCCCCCCCCCCCC(=O)Nc1ncc[nH]1. The molecule has 2 aromatic rings. The number of imidazole rings is 1. The summed E-state index contributed by atoms with van der Waals surface area (Å²) in [6.45, 7) is 0.604. The second-order valence-corrected chi connectivity index (χ2v) is 8.14. The maximum absolute atomic E-state index is 12.1. The lowest BCUT2D eigenvalue weighted by Crippen LogP contribution is -2.33. The summed E-state index contributed by atoms with van der Waals surface area (Å²) in [6, 6.07) is 0. The van der Waals surface area contributed by atoms with E-state index in [1.807, 2.05) is 0 Å². The number of H-pyrrole nitrogens is 1. The number of carbonyl (C=O) groups excluding carboxylic acids is 2. The predicted molar refractivity (Wildman–Crippen MR) is 133 cm³/mol. The number of carbonyl (C=O) groups is 2. The van der Waals surface area contributed by atoms with Crippen molar-refractivity contribution in [2.75, 3.05) is 23.3 Å². The van der Waals surface area contributed by atoms with Gasteiger partial charge in [-0.3, -0.25) is 14.9 Å². The minimum Gasteiger partial charge on any atom is -0.382 e. The van der Waals surface area contributed by atoms with Gasteiger partial charge in [-0.2, -0.15) is 4.99 Å². The van der Waals surface area contributed by atoms with E-state index in [-0.39, 0.29) is 34.3 Å². The lowest BCUT2D eigenvalue weighted by atomic mass is 10.1. The Balaban J connectivity index is 1.45. The molecular formula is C21H33ClN10O2. The fourth-order valence-electron chi connectivity index (χ4n) is 3.19. The average Bonchev–Trinajstić information content (AvgIpc) is 3.29. The Kier molecular flexibility index (Phi) is 11.6. The molecule has 0 saturated carbocycles. The highest BCUT2D eigenvalue weighted by molar-refractivity contribution is 6.31. The van der Waals surface area contributed by atoms with Gasteiger partial charge in [0.05, 0.1) is 0 Å². The van der Waals surface area contributed by atoms with Crippen LogP contribution in [-0.4, -0.2) is 44.3 Å². The zero-order valence-corrected chi connectivity index (χ0v) is 19.9. The van der Waals surface area contributed by atoms with Gasteiger partial charge in [-0.15, -0.1) is 0 Å². The van der Waals surface area contributed by atoms with Gasteiger partial charge in [0, 0.05) is 25.4 Å². The zero-order chi connectivity index (χ0) is 24.8. The summed E-state index contributed by atoms with van der Waals surface area (Å²) >= 11 is 5.77. The smallest absolute Gasteiger partial charge is 0.302 e. The number of halogens is 1. The zero-order valence-electron chi connectivity index (χ0n) is 19.1. The average molecular weight is 493 g/mol. The molecule has 0 radical (unpaired) electrons. The third-order valence-electron chi connectivity index (χ3n) is 4.97. The lowest BCUT2D eigenvalue weighted by Gasteiger charge is -2.06. The van der Waals surface area contributed by atoms with Gasteiger partial charge in [0.1, 0.15) is 0 Å². The molecule has 2 aromatic heterocycles. The van der Waals surface area contributed by atoms with Crippen molar-refractivity contribution in [2.45, 2.75) is 64.2 Å². The van der Waals surface area contributed by atoms with E-state index in [1.165, 1.54) is 12.8 Å². The molecule has 0 aromatic carbocycles. The molecule has 9 N–H and O–H groups in total. The van der Waals surface area contributed by atoms with E-state index in [4.69, 9.17) is 28.8 Å². The number of nitrogens with one attached hydrogen (secondary N) is 3. The van der Waals surface area contributed by atoms with E-state index in [9.17, 15) is 9.59 Å². The van der Waals surface area contributed by atoms with Gasteiger partial charge >= 0.3 is 5.91 Å². The number of rotatable bonds is 14. The summed E-state index contributed by atoms with van der Waals surface area (Å²) in [7, 11) is 0. The monoisotopic (exact) mass is 492 g/mol. The first-order chi connectivity index (χ1) is 16.4. The summed E-state index contributed by atoms with van der Waals surface area (Å²) in [4.78, 5) is 41.9. The summed E-state index contributed by atoms with van der Waals surface area (Å²) in [5.41, 5.74) is 16.7. The molecule has 0 aliphatic rings. The minimum atomic E-state index is -0.741. The number of aromatic amines is 1. The first kappa shape index (κ1) is 26.8. The van der Waals surface area contributed by atoms with Crippen molar-refractivity contribution in [3.05, 3.63) is 23.2 Å². The number of amides is 2. The second-order valence-electron chi connectivity index (χ2n) is 7.78. The molecule has 0 aliphatic carbocycles. The molecular weight excluding hydrogens is 460 g/mol. The van der Waals surface area contributed by atoms with Gasteiger partial charge in [-0.05, 0) is 12.8 Å². The Bertz CT molecular complexity index is 949. The summed E-state index contributed by atoms with van der Waals surface area (Å²) < 4.78 is 0. The van der Waals surface area contributed by atoms with Crippen LogP contribution in [-0.2, 0) is 4.79 Å². The van der Waals surface area contributed by atoms with E-state index < -0.39 is 5.91 Å². The minimum absolute atomic E-state index is 0.00828. The molecule has 0 fully saturated rings. The van der Waals surface area contributed by atoms with Crippen LogP contribution in [0.4, 0.5) is 17.6 Å². The summed E-state index contributed by atoms with van der Waals surface area (Å²) in [6.07, 6.45) is 13.4. The van der Waals surface area contributed by atoms with Crippen LogP contribution in [0, 0.1) is 0 Å². The van der Waals surface area contributed by atoms with Crippen molar-refractivity contribution in [1.29, 1.82) is 0 Å². The van der Waals surface area contributed by atoms with Gasteiger partial charge < -0.3 is 27.5 Å². The molecule has 2 rings (SSSR count). The van der Waals surface area contributed by atoms with E-state index in [0.717, 1.165) is 44.9 Å². The molecule has 0 saturated heterocycles. The van der Waals surface area contributed by atoms with Crippen LogP contribution in [0.3, 0.4) is 0 Å². The molecule has 13 heteroatoms. The molecule has 0 spiro atoms. The molecule has 186 valence electrons. The van der Waals surface area contributed by atoms with Crippen molar-refractivity contribution >= 4 is 47.0 Å². The van der Waals surface area contributed by atoms with Crippen LogP contribution in [0.1, 0.15) is 74.7 Å². The molecule has 0 unspecified atom stereocenters. The number of unbranched alkanes of at least 4 members (excludes halogenated alkanes) is 8. The fourth-order valence-corrected chi connectivity index (χ4v) is 3.32. The van der Waals surface area contributed by atoms with Crippen molar-refractivity contribution in [1.82, 2.24) is 25.3 Å². The number of aromatic nitrogens is 4. The fraction of sp³-hybridized carbons (Fsp3) is 0.524. The van der Waals surface area contributed by atoms with E-state index in [0.29, 0.717) is 18.9 Å². The van der Waals surface area contributed by atoms with E-state index in [2.05, 4.69) is 35.6 Å². The third kappa shape index (κ3) is 10.0. The molecule has 34 heavy (non-hydrogen) atoms. The first-order valence-corrected chi connectivity index (χ1v) is 11.7. The summed E-state index contributed by atoms with van der Waals surface area (Å²) in [5, 5.41) is 5.51. The highest BCUT2D eigenvalue weighted by Gasteiger charge is 2.15. The normalized spacial score (nSPS) is 11.4. The van der Waals surface area contributed by atoms with Gasteiger partial charge in [0.25, 0.3) is 0 Å². The van der Waals surface area contributed by atoms with Crippen molar-refractivity contribution in [3.8, 4) is 0 Å². The maximum atomic E-state index is 12.1. The van der Waals surface area contributed by atoms with Gasteiger partial charge in [0.2, 0.25) is 11.9 Å². The van der Waals surface area contributed by atoms with Gasteiger partial charge in [-0.25, -0.2) is 15.0 Å². The quantitative estimate of drug-likeness (QED) is 0.130. The second kappa shape index (κ2) is 14.7. The van der Waals surface area contributed by atoms with Crippen LogP contribution in [0.15, 0.2) is 17.4 Å². The number of nitrogens with two attached hydrogens (primary N) is 3. The molecule has 12 nitrogen and oxygen atoms in total. The number of aliphatic imine (C=N–C) groups is 1. The Morgan fingerprint density at radius 1 is 0.971 bits per heavy atom. The predicted octanol–water partition coefficient (Wildman–Crippen LogP) is 2.60. The van der Waals surface area contributed by atoms with Crippen molar-refractivity contribution in [3.63, 3.8) is 0 Å². The number of hydrogen-bond donors (Lipinski definition) is 6. The lowest BCUT2D eigenvalue weighted by molar-refractivity contribution is -0.116. The molecule has 2 heterocycles. The van der Waals surface area contributed by atoms with Crippen LogP contribution in [0.25, 0.3) is 0 Å². The van der Waals surface area contributed by atoms with Gasteiger partial charge in [-0.1, -0.05) is 56.5 Å². The topological polar surface area (TPSA) is 203 Å². The number of guanidine groups is 1. The van der Waals surface area contributed by atoms with Crippen LogP contribution >= 0.6 is 11.6 Å². The highest BCUT2D eigenvalue weighted by atomic mass is 35.5. The Labute approximate surface area is 203 Å². The first-order valence-electron chi connectivity index (χ1n) is 11.4. The highest BCUT2D eigenvalue weighted by Crippen LogP contribution is 2.18. The molecule has 0 aliphatic heterocycles. The van der Waals surface area contributed by atoms with E-state index in [1.54, 1.807) is 12.4 Å². The van der Waals surface area contributed by atoms with Crippen LogP contribution < -0.4 is 27.8 Å². The largest absolute Gasteiger partial charge is 0.382 e. The Hall–Kier alpha value is -3.41. The number of nitrogens with zero attached hydrogens (tertiary/aromatic N) is 4. The molecule has 0 bridgehead atoms. The van der Waals surface area contributed by atoms with Crippen molar-refractivity contribution < 1.29 is 9.59 Å². The number of nitrogen functional groups attached to an aromatic ring is 2. The Morgan fingerprint density at radius 3 is 2.26 bits per heavy atom. The maximum Gasteiger partial charge on any atom is 0.302 e. The van der Waals surface area contributed by atoms with Gasteiger partial charge in [0.15, 0.2) is 28.4 Å². The van der Waals surface area contributed by atoms with E-state index >= 15 is 0 Å². The Morgan fingerprint density at radius 2 is 1.62 bits per heavy atom. The van der Waals surface area contributed by atoms with Crippen LogP contribution in [0.2, 0.25) is 5.15 Å². The number of anilines is 3.